The predicted octanol–water partition coefficient (Wildman–Crippen LogP) is 5.94. The summed E-state index contributed by atoms with van der Waals surface area (Å²) < 4.78 is 5.79. The van der Waals surface area contributed by atoms with Crippen molar-refractivity contribution in [2.24, 2.45) is 5.92 Å². The van der Waals surface area contributed by atoms with Crippen molar-refractivity contribution < 1.29 is 19.4 Å². The van der Waals surface area contributed by atoms with E-state index < -0.39 is 17.1 Å². The van der Waals surface area contributed by atoms with Crippen LogP contribution in [0.4, 0.5) is 0 Å². The molecule has 1 aliphatic rings. The smallest absolute Gasteiger partial charge is 0.235 e. The Bertz CT molecular complexity index is 709. The van der Waals surface area contributed by atoms with Crippen molar-refractivity contribution in [3.05, 3.63) is 36.5 Å². The molecular weight excluding hydrogens is 478 g/mol. The van der Waals surface area contributed by atoms with Crippen molar-refractivity contribution in [2.45, 2.75) is 114 Å². The third-order valence-electron chi connectivity index (χ3n) is 6.66. The molecule has 1 rings (SSSR count). The fourth-order valence-corrected chi connectivity index (χ4v) is 5.31. The highest BCUT2D eigenvalue weighted by atomic mass is 32.1. The number of likely N-dealkylation sites (tertiary alicyclic amines) is 1. The molecule has 5 nitrogen and oxygen atoms in total. The molecule has 0 unspecified atom stereocenters. The molecule has 200 valence electrons. The minimum absolute atomic E-state index is 0.0661. The average Bonchev–Trinajstić information content (AvgIpc) is 2.83. The number of piperidine rings is 1. The van der Waals surface area contributed by atoms with Crippen molar-refractivity contribution in [1.82, 2.24) is 4.90 Å². The minimum Gasteiger partial charge on any atom is -0.362 e. The van der Waals surface area contributed by atoms with Crippen molar-refractivity contribution in [2.75, 3.05) is 6.54 Å². The molecule has 0 aromatic carbocycles. The van der Waals surface area contributed by atoms with Gasteiger partial charge in [0.15, 0.2) is 6.29 Å². The fourth-order valence-electron chi connectivity index (χ4n) is 4.51. The zero-order chi connectivity index (χ0) is 26.3. The molecule has 0 aliphatic carbocycles. The number of hydrogen-bond donors (Lipinski definition) is 3. The van der Waals surface area contributed by atoms with E-state index in [1.165, 1.54) is 0 Å². The summed E-state index contributed by atoms with van der Waals surface area (Å²) in [5.41, 5.74) is -0.695. The summed E-state index contributed by atoms with van der Waals surface area (Å²) in [6, 6.07) is 0.247. The van der Waals surface area contributed by atoms with Crippen molar-refractivity contribution in [3.8, 4) is 0 Å². The number of amides is 1. The molecule has 1 N–H and O–H groups in total. The minimum atomic E-state index is -1.47. The number of ether oxygens (including phenoxy) is 1. The Balaban J connectivity index is 2.67. The summed E-state index contributed by atoms with van der Waals surface area (Å²) in [5, 5.41) is 9.75. The maximum absolute atomic E-state index is 12.9. The molecule has 0 aromatic heterocycles. The van der Waals surface area contributed by atoms with Crippen molar-refractivity contribution in [3.63, 3.8) is 0 Å². The number of hydrogen-bond acceptors (Lipinski definition) is 6. The lowest BCUT2D eigenvalue weighted by atomic mass is 9.88. The van der Waals surface area contributed by atoms with Gasteiger partial charge in [0.05, 0.1) is 10.9 Å². The Hall–Kier alpha value is -1.02. The quantitative estimate of drug-likeness (QED) is 0.101. The van der Waals surface area contributed by atoms with Gasteiger partial charge in [-0.15, -0.1) is 0 Å². The third-order valence-corrected chi connectivity index (χ3v) is 7.52. The van der Waals surface area contributed by atoms with E-state index in [9.17, 15) is 14.7 Å². The third kappa shape index (κ3) is 12.7. The molecule has 0 bridgehead atoms. The number of aliphatic hydroxyl groups is 1. The first-order chi connectivity index (χ1) is 16.6. The van der Waals surface area contributed by atoms with Gasteiger partial charge in [-0.25, -0.2) is 0 Å². The first-order valence-corrected chi connectivity index (χ1v) is 14.1. The lowest BCUT2D eigenvalue weighted by molar-refractivity contribution is -0.188. The standard InChI is InChI=1S/C28H47NO4S2/c1-5-28(33-26(31)21-30,17-12-9-7-6-8-10-15-24(34)20-22(2)3)18-16-25(35)27(32)29-19-13-11-14-23(29)4/h6-10,15,21-26,31,34-35H,5,11-14,16-20H2,1-4H3/b8-6+,9-7+,15-10+/t23-,24-,25-,26-,28-/m1/s1. The summed E-state index contributed by atoms with van der Waals surface area (Å²) in [6.45, 7) is 9.24. The monoisotopic (exact) mass is 525 g/mol. The average molecular weight is 526 g/mol. The summed E-state index contributed by atoms with van der Waals surface area (Å²) in [5.74, 6) is 0.686. The molecule has 1 aliphatic heterocycles. The molecule has 1 amide bonds. The second kappa shape index (κ2) is 17.4. The van der Waals surface area contributed by atoms with E-state index in [2.05, 4.69) is 58.2 Å². The van der Waals surface area contributed by atoms with E-state index in [1.54, 1.807) is 0 Å². The van der Waals surface area contributed by atoms with E-state index >= 15 is 0 Å². The highest BCUT2D eigenvalue weighted by molar-refractivity contribution is 7.81. The van der Waals surface area contributed by atoms with Gasteiger partial charge < -0.3 is 14.7 Å². The first kappa shape index (κ1) is 32.0. The van der Waals surface area contributed by atoms with Crippen molar-refractivity contribution in [1.29, 1.82) is 0 Å². The van der Waals surface area contributed by atoms with Gasteiger partial charge in [0.1, 0.15) is 0 Å². The molecule has 7 heteroatoms. The van der Waals surface area contributed by atoms with Gasteiger partial charge in [-0.3, -0.25) is 9.59 Å². The molecule has 1 heterocycles. The molecule has 0 saturated carbocycles. The van der Waals surface area contributed by atoms with Crippen LogP contribution in [0, 0.1) is 5.92 Å². The molecular formula is C28H47NO4S2. The Morgan fingerprint density at radius 2 is 1.89 bits per heavy atom. The van der Waals surface area contributed by atoms with Crippen LogP contribution in [0.2, 0.25) is 0 Å². The number of allylic oxidation sites excluding steroid dienone is 5. The maximum atomic E-state index is 12.9. The normalized spacial score (nSPS) is 21.6. The van der Waals surface area contributed by atoms with Gasteiger partial charge >= 0.3 is 0 Å². The van der Waals surface area contributed by atoms with Crippen molar-refractivity contribution >= 4 is 37.5 Å². The van der Waals surface area contributed by atoms with Gasteiger partial charge in [0.2, 0.25) is 12.2 Å². The van der Waals surface area contributed by atoms with E-state index in [0.717, 1.165) is 38.6 Å². The largest absolute Gasteiger partial charge is 0.362 e. The van der Waals surface area contributed by atoms with Crippen LogP contribution in [0.15, 0.2) is 36.5 Å². The molecule has 5 atom stereocenters. The van der Waals surface area contributed by atoms with Gasteiger partial charge in [-0.05, 0) is 70.6 Å². The topological polar surface area (TPSA) is 66.8 Å². The van der Waals surface area contributed by atoms with Gasteiger partial charge in [-0.2, -0.15) is 25.3 Å². The van der Waals surface area contributed by atoms with E-state index in [-0.39, 0.29) is 17.2 Å². The van der Waals surface area contributed by atoms with Crippen LogP contribution < -0.4 is 0 Å². The predicted molar refractivity (Wildman–Crippen MR) is 152 cm³/mol. The van der Waals surface area contributed by atoms with Crippen LogP contribution in [0.5, 0.6) is 0 Å². The zero-order valence-corrected chi connectivity index (χ0v) is 23.8. The Morgan fingerprint density at radius 1 is 1.17 bits per heavy atom. The van der Waals surface area contributed by atoms with Crippen LogP contribution in [0.25, 0.3) is 0 Å². The number of thiol groups is 2. The fraction of sp³-hybridized carbons (Fsp3) is 0.714. The number of aldehydes is 1. The number of carbonyl (C=O) groups excluding carboxylic acids is 2. The van der Waals surface area contributed by atoms with Crippen LogP contribution in [0.1, 0.15) is 85.5 Å². The van der Waals surface area contributed by atoms with Gasteiger partial charge in [-0.1, -0.05) is 57.2 Å². The lowest BCUT2D eigenvalue weighted by Crippen LogP contribution is -2.46. The second-order valence-corrected chi connectivity index (χ2v) is 11.3. The van der Waals surface area contributed by atoms with Crippen LogP contribution in [-0.2, 0) is 14.3 Å². The first-order valence-electron chi connectivity index (χ1n) is 13.1. The van der Waals surface area contributed by atoms with E-state index in [0.29, 0.717) is 37.9 Å². The number of aliphatic hydroxyl groups excluding tert-OH is 1. The van der Waals surface area contributed by atoms with E-state index in [4.69, 9.17) is 4.74 Å². The SMILES string of the molecule is CC[C@@](CC/C=C/C=C/C=C/[C@@H](S)CC(C)C)(CC[C@@H](S)C(=O)N1CCCC[C@H]1C)O[C@@H](O)C=O. The second-order valence-electron chi connectivity index (χ2n) is 10.0. The highest BCUT2D eigenvalue weighted by Crippen LogP contribution is 2.31. The molecule has 35 heavy (non-hydrogen) atoms. The molecule has 0 spiro atoms. The summed E-state index contributed by atoms with van der Waals surface area (Å²) in [7, 11) is 0. The molecule has 0 radical (unpaired) electrons. The molecule has 0 aromatic rings. The lowest BCUT2D eigenvalue weighted by Gasteiger charge is -2.37. The van der Waals surface area contributed by atoms with Crippen LogP contribution >= 0.6 is 25.3 Å². The summed E-state index contributed by atoms with van der Waals surface area (Å²) >= 11 is 9.18. The molecule has 1 saturated heterocycles. The number of carbonyl (C=O) groups is 2. The summed E-state index contributed by atoms with van der Waals surface area (Å²) in [6.07, 6.45) is 18.4. The number of rotatable bonds is 16. The van der Waals surface area contributed by atoms with Gasteiger partial charge in [0.25, 0.3) is 0 Å². The van der Waals surface area contributed by atoms with E-state index in [1.807, 2.05) is 36.1 Å². The number of nitrogens with zero attached hydrogens (tertiary/aromatic N) is 1. The maximum Gasteiger partial charge on any atom is 0.235 e. The summed E-state index contributed by atoms with van der Waals surface area (Å²) in [4.78, 5) is 26.0. The Kier molecular flexibility index (Phi) is 15.9. The van der Waals surface area contributed by atoms with Gasteiger partial charge in [0, 0.05) is 17.8 Å². The Labute approximate surface area is 224 Å². The highest BCUT2D eigenvalue weighted by Gasteiger charge is 2.34. The Morgan fingerprint density at radius 3 is 2.51 bits per heavy atom. The molecule has 1 fully saturated rings. The zero-order valence-electron chi connectivity index (χ0n) is 22.0. The van der Waals surface area contributed by atoms with Crippen LogP contribution in [-0.4, -0.2) is 57.2 Å². The van der Waals surface area contributed by atoms with Crippen LogP contribution in [0.3, 0.4) is 0 Å².